The molecule has 196 valence electrons. The summed E-state index contributed by atoms with van der Waals surface area (Å²) in [4.78, 5) is 39.1. The van der Waals surface area contributed by atoms with Crippen LogP contribution in [0.15, 0.2) is 40.9 Å². The Morgan fingerprint density at radius 2 is 1.83 bits per heavy atom. The van der Waals surface area contributed by atoms with Gasteiger partial charge in [0.25, 0.3) is 0 Å². The first kappa shape index (κ1) is 28.6. The van der Waals surface area contributed by atoms with E-state index in [-0.39, 0.29) is 43.5 Å². The molecule has 0 saturated carbocycles. The lowest BCUT2D eigenvalue weighted by Crippen LogP contribution is -2.12. The highest BCUT2D eigenvalue weighted by Gasteiger charge is 2.53. The fraction of sp³-hybridized carbons (Fsp3) is 0.250. The summed E-state index contributed by atoms with van der Waals surface area (Å²) >= 11 is 8.96. The topological polar surface area (TPSA) is 102 Å². The predicted octanol–water partition coefficient (Wildman–Crippen LogP) is 7.42. The van der Waals surface area contributed by atoms with Crippen LogP contribution in [0.3, 0.4) is 0 Å². The van der Waals surface area contributed by atoms with Crippen LogP contribution in [-0.4, -0.2) is 28.5 Å². The molecule has 36 heavy (non-hydrogen) atoms. The maximum absolute atomic E-state index is 14.4. The van der Waals surface area contributed by atoms with E-state index in [2.05, 4.69) is 15.9 Å². The molecule has 0 radical (unpaired) electrons. The molecule has 1 aromatic heterocycles. The Hall–Kier alpha value is -1.96. The summed E-state index contributed by atoms with van der Waals surface area (Å²) in [6.45, 7) is -0.472. The van der Waals surface area contributed by atoms with Gasteiger partial charge in [-0.05, 0) is 46.6 Å². The third-order valence-corrected chi connectivity index (χ3v) is 8.16. The molecule has 0 spiro atoms. The molecule has 0 aliphatic carbocycles. The van der Waals surface area contributed by atoms with Gasteiger partial charge in [-0.15, -0.1) is 11.3 Å². The molecule has 0 saturated heterocycles. The highest BCUT2D eigenvalue weighted by Crippen LogP contribution is 2.63. The number of carbonyl (C=O) groups excluding carboxylic acids is 1. The van der Waals surface area contributed by atoms with E-state index < -0.39 is 54.2 Å². The number of rotatable bonds is 9. The highest BCUT2D eigenvalue weighted by molar-refractivity contribution is 9.10. The van der Waals surface area contributed by atoms with Gasteiger partial charge in [-0.2, -0.15) is 22.0 Å². The van der Waals surface area contributed by atoms with E-state index in [1.54, 1.807) is 0 Å². The van der Waals surface area contributed by atoms with Crippen molar-refractivity contribution in [2.24, 2.45) is 0 Å². The number of thiophene rings is 1. The minimum Gasteiger partial charge on any atom is -0.492 e. The molecule has 0 bridgehead atoms. The molecule has 0 aliphatic rings. The fourth-order valence-corrected chi connectivity index (χ4v) is 5.96. The van der Waals surface area contributed by atoms with Gasteiger partial charge in [0.2, 0.25) is 0 Å². The number of carbonyl (C=O) groups is 1. The van der Waals surface area contributed by atoms with Gasteiger partial charge < -0.3 is 14.5 Å². The summed E-state index contributed by atoms with van der Waals surface area (Å²) < 4.78 is 82.5. The second-order valence-corrected chi connectivity index (χ2v) is 11.1. The Bertz CT molecular complexity index is 1330. The Balaban J connectivity index is 1.96. The molecule has 3 rings (SSSR count). The first-order chi connectivity index (χ1) is 16.6. The van der Waals surface area contributed by atoms with Crippen LogP contribution in [0.2, 0.25) is 5.02 Å². The van der Waals surface area contributed by atoms with Crippen LogP contribution in [0.1, 0.15) is 28.1 Å². The van der Waals surface area contributed by atoms with Crippen LogP contribution in [-0.2, 0) is 15.1 Å². The molecule has 0 aliphatic heterocycles. The van der Waals surface area contributed by atoms with Crippen molar-refractivity contribution in [3.05, 3.63) is 56.3 Å². The van der Waals surface area contributed by atoms with E-state index >= 15 is 0 Å². The molecule has 0 fully saturated rings. The molecular weight excluding hydrogens is 626 g/mol. The van der Waals surface area contributed by atoms with Gasteiger partial charge in [-0.1, -0.05) is 17.7 Å². The summed E-state index contributed by atoms with van der Waals surface area (Å²) in [6, 6.07) is 7.84. The molecular formula is C20H14BrClF5O7PS. The molecule has 3 aromatic rings. The number of benzene rings is 2. The molecule has 1 heterocycles. The fourth-order valence-electron chi connectivity index (χ4n) is 2.80. The number of hydrogen-bond acceptors (Lipinski definition) is 6. The SMILES string of the molecule is O=C(OOc1cc(OCCCC(F)(F)F)c2sc(C(F)(F)P(=O)(O)O)c(Br)c2c1)c1cccc(Cl)c1. The van der Waals surface area contributed by atoms with Crippen LogP contribution in [0.25, 0.3) is 10.1 Å². The molecule has 0 amide bonds. The zero-order valence-electron chi connectivity index (χ0n) is 17.5. The van der Waals surface area contributed by atoms with Gasteiger partial charge >= 0.3 is 25.4 Å². The van der Waals surface area contributed by atoms with Crippen molar-refractivity contribution in [3.8, 4) is 11.5 Å². The Morgan fingerprint density at radius 3 is 2.44 bits per heavy atom. The van der Waals surface area contributed by atoms with Gasteiger partial charge in [-0.25, -0.2) is 9.68 Å². The van der Waals surface area contributed by atoms with E-state index in [9.17, 15) is 31.3 Å². The van der Waals surface area contributed by atoms with Crippen molar-refractivity contribution >= 4 is 62.5 Å². The molecule has 7 nitrogen and oxygen atoms in total. The maximum Gasteiger partial charge on any atom is 0.400 e. The van der Waals surface area contributed by atoms with E-state index in [1.807, 2.05) is 0 Å². The molecule has 2 aromatic carbocycles. The predicted molar refractivity (Wildman–Crippen MR) is 124 cm³/mol. The molecule has 2 N–H and O–H groups in total. The molecule has 0 unspecified atom stereocenters. The number of fused-ring (bicyclic) bond motifs is 1. The zero-order chi connectivity index (χ0) is 26.9. The lowest BCUT2D eigenvalue weighted by molar-refractivity contribution is -0.149. The first-order valence-electron chi connectivity index (χ1n) is 9.64. The number of halogens is 7. The van der Waals surface area contributed by atoms with Crippen LogP contribution in [0, 0.1) is 0 Å². The zero-order valence-corrected chi connectivity index (χ0v) is 21.6. The summed E-state index contributed by atoms with van der Waals surface area (Å²) in [5.41, 5.74) is -4.56. The standard InChI is InChI=1S/C20H14BrClF5O7PS/c21-15-13-8-12(33-34-18(28)10-3-1-4-11(22)7-10)9-14(32-6-2-5-19(23,24)25)16(13)36-17(15)20(26,27)35(29,30)31/h1,3-4,7-9H,2,5-6H2,(H2,29,30,31). The lowest BCUT2D eigenvalue weighted by atomic mass is 10.2. The summed E-state index contributed by atoms with van der Waals surface area (Å²) in [7, 11) is -5.94. The van der Waals surface area contributed by atoms with Crippen LogP contribution in [0.4, 0.5) is 22.0 Å². The number of alkyl halides is 5. The Labute approximate surface area is 216 Å². The summed E-state index contributed by atoms with van der Waals surface area (Å²) in [5, 5.41) is 0.159. The average molecular weight is 640 g/mol. The van der Waals surface area contributed by atoms with Gasteiger partial charge in [0, 0.05) is 27.4 Å². The van der Waals surface area contributed by atoms with E-state index in [1.165, 1.54) is 24.3 Å². The minimum absolute atomic E-state index is 0.0208. The molecule has 16 heteroatoms. The number of ether oxygens (including phenoxy) is 1. The van der Waals surface area contributed by atoms with Crippen LogP contribution < -0.4 is 9.62 Å². The smallest absolute Gasteiger partial charge is 0.400 e. The monoisotopic (exact) mass is 638 g/mol. The van der Waals surface area contributed by atoms with Gasteiger partial charge in [0.1, 0.15) is 10.6 Å². The highest BCUT2D eigenvalue weighted by atomic mass is 79.9. The van der Waals surface area contributed by atoms with Crippen LogP contribution >= 0.6 is 46.5 Å². The largest absolute Gasteiger partial charge is 0.492 e. The summed E-state index contributed by atoms with van der Waals surface area (Å²) in [5.74, 6) is -1.47. The van der Waals surface area contributed by atoms with Crippen molar-refractivity contribution in [2.75, 3.05) is 6.61 Å². The van der Waals surface area contributed by atoms with Crippen LogP contribution in [0.5, 0.6) is 11.5 Å². The third kappa shape index (κ3) is 6.67. The van der Waals surface area contributed by atoms with E-state index in [4.69, 9.17) is 35.9 Å². The normalized spacial score (nSPS) is 12.6. The van der Waals surface area contributed by atoms with Gasteiger partial charge in [-0.3, -0.25) is 9.45 Å². The van der Waals surface area contributed by atoms with Gasteiger partial charge in [0.15, 0.2) is 5.75 Å². The van der Waals surface area contributed by atoms with Crippen molar-refractivity contribution in [2.45, 2.75) is 24.7 Å². The van der Waals surface area contributed by atoms with Crippen molar-refractivity contribution in [3.63, 3.8) is 0 Å². The quantitative estimate of drug-likeness (QED) is 0.0826. The van der Waals surface area contributed by atoms with E-state index in [0.29, 0.717) is 0 Å². The Kier molecular flexibility index (Phi) is 8.58. The van der Waals surface area contributed by atoms with E-state index in [0.717, 1.165) is 12.1 Å². The van der Waals surface area contributed by atoms with Gasteiger partial charge in [0.05, 0.1) is 16.9 Å². The summed E-state index contributed by atoms with van der Waals surface area (Å²) in [6.07, 6.45) is -6.07. The van der Waals surface area contributed by atoms with Crippen molar-refractivity contribution in [1.82, 2.24) is 0 Å². The average Bonchev–Trinajstić information content (AvgIpc) is 3.11. The van der Waals surface area contributed by atoms with Crippen molar-refractivity contribution in [1.29, 1.82) is 0 Å². The second-order valence-electron chi connectivity index (χ2n) is 7.16. The lowest BCUT2D eigenvalue weighted by Gasteiger charge is -2.16. The molecule has 0 atom stereocenters. The maximum atomic E-state index is 14.4. The second kappa shape index (κ2) is 10.8. The third-order valence-electron chi connectivity index (χ3n) is 4.44. The van der Waals surface area contributed by atoms with Crippen molar-refractivity contribution < 1.29 is 55.6 Å². The Morgan fingerprint density at radius 1 is 1.14 bits per heavy atom. The first-order valence-corrected chi connectivity index (χ1v) is 13.2. The minimum atomic E-state index is -5.94. The number of hydrogen-bond donors (Lipinski definition) is 2.